The van der Waals surface area contributed by atoms with E-state index in [0.29, 0.717) is 35.0 Å². The summed E-state index contributed by atoms with van der Waals surface area (Å²) < 4.78 is 12.4. The summed E-state index contributed by atoms with van der Waals surface area (Å²) in [6.07, 6.45) is 2.32. The number of carbonyl (C=O) groups is 2. The third-order valence-electron chi connectivity index (χ3n) is 8.82. The van der Waals surface area contributed by atoms with Crippen LogP contribution in [0, 0.1) is 22.7 Å². The molecule has 1 N–H and O–H groups in total. The van der Waals surface area contributed by atoms with Gasteiger partial charge >= 0.3 is 11.9 Å². The highest BCUT2D eigenvalue weighted by molar-refractivity contribution is 5.90. The van der Waals surface area contributed by atoms with Crippen LogP contribution in [0.1, 0.15) is 53.8 Å². The summed E-state index contributed by atoms with van der Waals surface area (Å²) in [5.41, 5.74) is 0.607. The molecule has 4 fully saturated rings. The van der Waals surface area contributed by atoms with Crippen molar-refractivity contribution in [3.05, 3.63) is 71.8 Å². The van der Waals surface area contributed by atoms with Crippen LogP contribution in [0.4, 0.5) is 0 Å². The molecule has 4 bridgehead atoms. The first-order valence-electron chi connectivity index (χ1n) is 11.7. The Morgan fingerprint density at radius 2 is 1.16 bits per heavy atom. The van der Waals surface area contributed by atoms with Gasteiger partial charge in [0, 0.05) is 22.9 Å². The highest BCUT2D eigenvalue weighted by Crippen LogP contribution is 2.73. The topological polar surface area (TPSA) is 64.6 Å². The van der Waals surface area contributed by atoms with Gasteiger partial charge in [-0.3, -0.25) is 0 Å². The number of carbonyl (C=O) groups excluding carboxylic acids is 2. The molecule has 0 spiro atoms. The molecule has 8 atom stereocenters. The predicted molar refractivity (Wildman–Crippen MR) is 119 cm³/mol. The van der Waals surface area contributed by atoms with Crippen molar-refractivity contribution in [1.82, 2.24) is 5.32 Å². The fourth-order valence-corrected chi connectivity index (χ4v) is 7.84. The molecule has 166 valence electrons. The maximum Gasteiger partial charge on any atom is 0.338 e. The summed E-state index contributed by atoms with van der Waals surface area (Å²) in [4.78, 5) is 26.2. The number of fused-ring (bicyclic) bond motifs is 9. The lowest BCUT2D eigenvalue weighted by Gasteiger charge is -2.49. The molecule has 2 aliphatic heterocycles. The van der Waals surface area contributed by atoms with Gasteiger partial charge in [-0.25, -0.2) is 9.59 Å². The van der Waals surface area contributed by atoms with E-state index in [0.717, 1.165) is 6.42 Å². The molecule has 32 heavy (non-hydrogen) atoms. The first-order valence-corrected chi connectivity index (χ1v) is 11.7. The smallest absolute Gasteiger partial charge is 0.338 e. The predicted octanol–water partition coefficient (Wildman–Crippen LogP) is 4.23. The van der Waals surface area contributed by atoms with Crippen LogP contribution >= 0.6 is 0 Å². The van der Waals surface area contributed by atoms with E-state index in [1.165, 1.54) is 12.8 Å². The molecule has 4 aliphatic rings. The quantitative estimate of drug-likeness (QED) is 0.734. The molecule has 0 amide bonds. The Morgan fingerprint density at radius 3 is 1.56 bits per heavy atom. The van der Waals surface area contributed by atoms with E-state index in [4.69, 9.17) is 9.47 Å². The van der Waals surface area contributed by atoms with E-state index in [2.05, 4.69) is 19.2 Å². The van der Waals surface area contributed by atoms with Crippen LogP contribution in [0.15, 0.2) is 60.7 Å². The second kappa shape index (κ2) is 6.92. The third-order valence-corrected chi connectivity index (χ3v) is 8.82. The van der Waals surface area contributed by atoms with Crippen molar-refractivity contribution in [2.24, 2.45) is 22.7 Å². The Hall–Kier alpha value is -2.66. The fourth-order valence-electron chi connectivity index (χ4n) is 7.84. The van der Waals surface area contributed by atoms with Gasteiger partial charge in [0.15, 0.2) is 0 Å². The first kappa shape index (κ1) is 20.0. The average Bonchev–Trinajstić information content (AvgIpc) is 3.53. The summed E-state index contributed by atoms with van der Waals surface area (Å²) in [6, 6.07) is 19.1. The molecular formula is C27H29NO4. The minimum Gasteiger partial charge on any atom is -0.454 e. The van der Waals surface area contributed by atoms with Crippen LogP contribution < -0.4 is 5.32 Å². The molecule has 2 saturated carbocycles. The van der Waals surface area contributed by atoms with Crippen molar-refractivity contribution in [3.63, 3.8) is 0 Å². The van der Waals surface area contributed by atoms with Crippen LogP contribution in [0.25, 0.3) is 0 Å². The SMILES string of the molecule is CC12CC(C)(C(OC(=O)c3ccccc3)C1OC(=O)c1ccccc1)C1C3CCC(N3)C12. The van der Waals surface area contributed by atoms with Gasteiger partial charge in [0.25, 0.3) is 0 Å². The number of hydrogen-bond acceptors (Lipinski definition) is 5. The summed E-state index contributed by atoms with van der Waals surface area (Å²) in [5.74, 6) is 0.181. The first-order chi connectivity index (χ1) is 15.4. The van der Waals surface area contributed by atoms with Crippen molar-refractivity contribution in [3.8, 4) is 0 Å². The molecule has 6 rings (SSSR count). The van der Waals surface area contributed by atoms with Gasteiger partial charge in [-0.2, -0.15) is 0 Å². The van der Waals surface area contributed by atoms with Crippen LogP contribution in [0.5, 0.6) is 0 Å². The maximum atomic E-state index is 13.1. The van der Waals surface area contributed by atoms with E-state index in [1.54, 1.807) is 24.3 Å². The summed E-state index contributed by atoms with van der Waals surface area (Å²) >= 11 is 0. The second-order valence-corrected chi connectivity index (χ2v) is 10.6. The molecule has 2 aromatic rings. The molecule has 0 aromatic heterocycles. The largest absolute Gasteiger partial charge is 0.454 e. The van der Waals surface area contributed by atoms with Crippen LogP contribution in [-0.4, -0.2) is 36.2 Å². The lowest BCUT2D eigenvalue weighted by molar-refractivity contribution is -0.129. The number of ether oxygens (including phenoxy) is 2. The monoisotopic (exact) mass is 431 g/mol. The van der Waals surface area contributed by atoms with Gasteiger partial charge < -0.3 is 14.8 Å². The highest BCUT2D eigenvalue weighted by atomic mass is 16.6. The summed E-state index contributed by atoms with van der Waals surface area (Å²) in [7, 11) is 0. The molecule has 8 unspecified atom stereocenters. The van der Waals surface area contributed by atoms with Gasteiger partial charge in [-0.15, -0.1) is 0 Å². The van der Waals surface area contributed by atoms with Gasteiger partial charge in [-0.05, 0) is 55.4 Å². The average molecular weight is 432 g/mol. The molecular weight excluding hydrogens is 402 g/mol. The Bertz CT molecular complexity index is 972. The number of rotatable bonds is 4. The minimum absolute atomic E-state index is 0.224. The molecule has 2 saturated heterocycles. The zero-order valence-electron chi connectivity index (χ0n) is 18.5. The Labute approximate surface area is 188 Å². The molecule has 2 aromatic carbocycles. The highest BCUT2D eigenvalue weighted by Gasteiger charge is 2.78. The summed E-state index contributed by atoms with van der Waals surface area (Å²) in [6.45, 7) is 4.50. The maximum absolute atomic E-state index is 13.1. The number of hydrogen-bond donors (Lipinski definition) is 1. The van der Waals surface area contributed by atoms with Gasteiger partial charge in [0.1, 0.15) is 12.2 Å². The fraction of sp³-hybridized carbons (Fsp3) is 0.481. The van der Waals surface area contributed by atoms with Crippen molar-refractivity contribution in [2.45, 2.75) is 57.4 Å². The van der Waals surface area contributed by atoms with Crippen molar-refractivity contribution < 1.29 is 19.1 Å². The van der Waals surface area contributed by atoms with Crippen molar-refractivity contribution in [1.29, 1.82) is 0 Å². The van der Waals surface area contributed by atoms with E-state index < -0.39 is 12.2 Å². The van der Waals surface area contributed by atoms with Gasteiger partial charge in [-0.1, -0.05) is 50.2 Å². The second-order valence-electron chi connectivity index (χ2n) is 10.6. The number of benzene rings is 2. The lowest BCUT2D eigenvalue weighted by Crippen LogP contribution is -2.57. The zero-order chi connectivity index (χ0) is 22.1. The minimum atomic E-state index is -0.463. The van der Waals surface area contributed by atoms with Crippen LogP contribution in [0.3, 0.4) is 0 Å². The van der Waals surface area contributed by atoms with E-state index in [9.17, 15) is 9.59 Å². The van der Waals surface area contributed by atoms with E-state index >= 15 is 0 Å². The zero-order valence-corrected chi connectivity index (χ0v) is 18.5. The molecule has 2 heterocycles. The Morgan fingerprint density at radius 1 is 0.750 bits per heavy atom. The molecule has 5 heteroatoms. The molecule has 5 nitrogen and oxygen atoms in total. The molecule has 0 radical (unpaired) electrons. The number of esters is 2. The lowest BCUT2D eigenvalue weighted by atomic mass is 9.60. The van der Waals surface area contributed by atoms with Crippen LogP contribution in [0.2, 0.25) is 0 Å². The van der Waals surface area contributed by atoms with E-state index in [-0.39, 0.29) is 22.8 Å². The third kappa shape index (κ3) is 2.67. The normalized spacial score (nSPS) is 40.8. The Kier molecular flexibility index (Phi) is 4.32. The summed E-state index contributed by atoms with van der Waals surface area (Å²) in [5, 5.41) is 3.81. The molecule has 2 aliphatic carbocycles. The number of nitrogens with one attached hydrogen (secondary N) is 1. The van der Waals surface area contributed by atoms with Crippen LogP contribution in [-0.2, 0) is 9.47 Å². The van der Waals surface area contributed by atoms with Gasteiger partial charge in [0.2, 0.25) is 0 Å². The standard InChI is InChI=1S/C27H29NO4/c1-26-15-27(2,21-19-14-13-18(28-19)20(21)26)23(32-25(30)17-11-7-4-8-12-17)22(26)31-24(29)16-9-5-3-6-10-16/h3-12,18-23,28H,13-15H2,1-2H3. The van der Waals surface area contributed by atoms with Gasteiger partial charge in [0.05, 0.1) is 11.1 Å². The van der Waals surface area contributed by atoms with E-state index in [1.807, 2.05) is 36.4 Å². The van der Waals surface area contributed by atoms with Crippen molar-refractivity contribution >= 4 is 11.9 Å². The van der Waals surface area contributed by atoms with Crippen molar-refractivity contribution in [2.75, 3.05) is 0 Å². The Balaban J connectivity index is 1.36.